The lowest BCUT2D eigenvalue weighted by molar-refractivity contribution is 0.0922. The normalized spacial score (nSPS) is 13.7. The largest absolute Gasteiger partial charge is 0.381 e. The highest BCUT2D eigenvalue weighted by molar-refractivity contribution is 5.93. The lowest BCUT2D eigenvalue weighted by atomic mass is 9.92. The molecule has 3 aromatic rings. The van der Waals surface area contributed by atoms with Crippen LogP contribution in [-0.4, -0.2) is 63.9 Å². The van der Waals surface area contributed by atoms with Gasteiger partial charge in [0.05, 0.1) is 30.3 Å². The minimum Gasteiger partial charge on any atom is -0.381 e. The number of carbonyl (C=O) groups excluding carboxylic acids is 1. The summed E-state index contributed by atoms with van der Waals surface area (Å²) in [6.45, 7) is 7.55. The van der Waals surface area contributed by atoms with Crippen molar-refractivity contribution in [3.05, 3.63) is 53.0 Å². The topological polar surface area (TPSA) is 111 Å². The van der Waals surface area contributed by atoms with Gasteiger partial charge in [-0.05, 0) is 56.1 Å². The van der Waals surface area contributed by atoms with E-state index in [1.54, 1.807) is 12.4 Å². The summed E-state index contributed by atoms with van der Waals surface area (Å²) in [7, 11) is 2.13. The number of benzene rings is 1. The number of nitrogens with one attached hydrogen (secondary N) is 1. The van der Waals surface area contributed by atoms with Crippen LogP contribution in [0.25, 0.3) is 17.1 Å². The van der Waals surface area contributed by atoms with Crippen LogP contribution in [0.4, 0.5) is 5.82 Å². The Morgan fingerprint density at radius 3 is 2.97 bits per heavy atom. The van der Waals surface area contributed by atoms with Gasteiger partial charge in [-0.1, -0.05) is 0 Å². The summed E-state index contributed by atoms with van der Waals surface area (Å²) in [6, 6.07) is 4.33. The first kappa shape index (κ1) is 21.9. The van der Waals surface area contributed by atoms with Crippen molar-refractivity contribution in [2.45, 2.75) is 26.8 Å². The average molecular weight is 436 g/mol. The fraction of sp³-hybridized carbons (Fsp3) is 0.391. The highest BCUT2D eigenvalue weighted by atomic mass is 16.5. The van der Waals surface area contributed by atoms with Gasteiger partial charge >= 0.3 is 0 Å². The Kier molecular flexibility index (Phi) is 6.48. The molecule has 32 heavy (non-hydrogen) atoms. The van der Waals surface area contributed by atoms with Crippen molar-refractivity contribution in [1.82, 2.24) is 30.0 Å². The van der Waals surface area contributed by atoms with Crippen LogP contribution in [0.15, 0.2) is 30.7 Å². The molecule has 2 aromatic heterocycles. The molecule has 1 amide bonds. The van der Waals surface area contributed by atoms with E-state index in [0.29, 0.717) is 36.8 Å². The first-order chi connectivity index (χ1) is 15.5. The molecule has 1 aliphatic heterocycles. The maximum atomic E-state index is 12.3. The Bertz CT molecular complexity index is 1130. The number of carbonyl (C=O) groups is 1. The van der Waals surface area contributed by atoms with Crippen LogP contribution < -0.4 is 11.1 Å². The zero-order chi connectivity index (χ0) is 22.7. The van der Waals surface area contributed by atoms with Crippen molar-refractivity contribution in [3.8, 4) is 17.1 Å². The van der Waals surface area contributed by atoms with E-state index in [9.17, 15) is 4.79 Å². The second-order valence-corrected chi connectivity index (χ2v) is 8.01. The predicted octanol–water partition coefficient (Wildman–Crippen LogP) is 1.97. The molecule has 0 saturated carbocycles. The Hall–Kier alpha value is -3.30. The van der Waals surface area contributed by atoms with Crippen LogP contribution in [0.1, 0.15) is 34.0 Å². The van der Waals surface area contributed by atoms with Crippen LogP contribution in [0.5, 0.6) is 0 Å². The van der Waals surface area contributed by atoms with Crippen molar-refractivity contribution in [1.29, 1.82) is 0 Å². The van der Waals surface area contributed by atoms with E-state index in [0.717, 1.165) is 25.1 Å². The summed E-state index contributed by atoms with van der Waals surface area (Å²) in [5, 5.41) is 7.08. The first-order valence-corrected chi connectivity index (χ1v) is 10.8. The number of anilines is 1. The minimum absolute atomic E-state index is 0.229. The molecule has 1 aliphatic rings. The Labute approximate surface area is 187 Å². The summed E-state index contributed by atoms with van der Waals surface area (Å²) < 4.78 is 6.73. The molecule has 0 radical (unpaired) electrons. The Morgan fingerprint density at radius 1 is 1.31 bits per heavy atom. The number of hydrogen-bond acceptors (Lipinski definition) is 7. The van der Waals surface area contributed by atoms with Gasteiger partial charge in [-0.2, -0.15) is 5.10 Å². The van der Waals surface area contributed by atoms with Crippen molar-refractivity contribution in [2.24, 2.45) is 0 Å². The second-order valence-electron chi connectivity index (χ2n) is 8.01. The monoisotopic (exact) mass is 435 g/mol. The third kappa shape index (κ3) is 4.63. The second kappa shape index (κ2) is 9.46. The molecular formula is C23H29N7O2. The van der Waals surface area contributed by atoms with E-state index in [1.807, 2.05) is 6.92 Å². The molecule has 0 unspecified atom stereocenters. The van der Waals surface area contributed by atoms with E-state index in [4.69, 9.17) is 15.5 Å². The molecule has 9 heteroatoms. The number of nitrogens with two attached hydrogens (primary N) is 1. The van der Waals surface area contributed by atoms with E-state index in [1.165, 1.54) is 27.6 Å². The molecule has 3 heterocycles. The maximum Gasteiger partial charge on any atom is 0.254 e. The van der Waals surface area contributed by atoms with E-state index in [-0.39, 0.29) is 11.7 Å². The molecule has 0 aliphatic carbocycles. The predicted molar refractivity (Wildman–Crippen MR) is 123 cm³/mol. The number of hydrogen-bond donors (Lipinski definition) is 2. The zero-order valence-corrected chi connectivity index (χ0v) is 18.8. The van der Waals surface area contributed by atoms with Crippen LogP contribution in [0.3, 0.4) is 0 Å². The number of likely N-dealkylation sites (N-methyl/N-ethyl adjacent to an activating group) is 1. The van der Waals surface area contributed by atoms with E-state index in [2.05, 4.69) is 46.4 Å². The fourth-order valence-electron chi connectivity index (χ4n) is 3.94. The molecule has 4 rings (SSSR count). The number of nitrogen functional groups attached to an aromatic ring is 1. The molecule has 1 aromatic carbocycles. The number of rotatable bonds is 7. The molecule has 0 atom stereocenters. The number of aromatic nitrogens is 4. The Morgan fingerprint density at radius 2 is 2.16 bits per heavy atom. The van der Waals surface area contributed by atoms with Gasteiger partial charge in [0.1, 0.15) is 0 Å². The number of nitrogens with zero attached hydrogens (tertiary/aromatic N) is 5. The number of ether oxygens (including phenoxy) is 1. The molecule has 9 nitrogen and oxygen atoms in total. The van der Waals surface area contributed by atoms with Gasteiger partial charge < -0.3 is 20.7 Å². The van der Waals surface area contributed by atoms with Gasteiger partial charge in [-0.25, -0.2) is 14.6 Å². The summed E-state index contributed by atoms with van der Waals surface area (Å²) in [5.41, 5.74) is 12.2. The molecule has 0 saturated heterocycles. The SMILES string of the molecule is CCOCCNC(=O)c1cnn(-c2nc(-c3cc(C)c4c(c3)CN(C)CC4)cnc2N)c1. The van der Waals surface area contributed by atoms with E-state index >= 15 is 0 Å². The summed E-state index contributed by atoms with van der Waals surface area (Å²) >= 11 is 0. The maximum absolute atomic E-state index is 12.3. The highest BCUT2D eigenvalue weighted by Gasteiger charge is 2.18. The lowest BCUT2D eigenvalue weighted by Crippen LogP contribution is -2.27. The van der Waals surface area contributed by atoms with Crippen LogP contribution in [0, 0.1) is 6.92 Å². The molecule has 0 bridgehead atoms. The number of fused-ring (bicyclic) bond motifs is 1. The number of amides is 1. The lowest BCUT2D eigenvalue weighted by Gasteiger charge is -2.27. The highest BCUT2D eigenvalue weighted by Crippen LogP contribution is 2.29. The Balaban J connectivity index is 1.59. The summed E-state index contributed by atoms with van der Waals surface area (Å²) in [5.74, 6) is 0.408. The van der Waals surface area contributed by atoms with Gasteiger partial charge in [0, 0.05) is 38.0 Å². The molecular weight excluding hydrogens is 406 g/mol. The van der Waals surface area contributed by atoms with Crippen molar-refractivity contribution >= 4 is 11.7 Å². The van der Waals surface area contributed by atoms with Gasteiger partial charge in [-0.15, -0.1) is 0 Å². The average Bonchev–Trinajstić information content (AvgIpc) is 3.26. The van der Waals surface area contributed by atoms with Crippen molar-refractivity contribution < 1.29 is 9.53 Å². The molecule has 168 valence electrons. The summed E-state index contributed by atoms with van der Waals surface area (Å²) in [4.78, 5) is 23.7. The quantitative estimate of drug-likeness (QED) is 0.546. The third-order valence-electron chi connectivity index (χ3n) is 5.62. The third-order valence-corrected chi connectivity index (χ3v) is 5.62. The van der Waals surface area contributed by atoms with Gasteiger partial charge in [0.2, 0.25) is 0 Å². The van der Waals surface area contributed by atoms with Crippen LogP contribution in [0.2, 0.25) is 0 Å². The standard InChI is InChI=1S/C23H29N7O2/c1-4-32-8-6-25-23(31)18-11-27-30(14-18)22-21(24)26-12-20(28-22)16-9-15(2)19-5-7-29(3)13-17(19)10-16/h9-12,14H,4-8,13H2,1-3H3,(H2,24,26)(H,25,31). The fourth-order valence-corrected chi connectivity index (χ4v) is 3.94. The zero-order valence-electron chi connectivity index (χ0n) is 18.8. The van der Waals surface area contributed by atoms with Crippen molar-refractivity contribution in [3.63, 3.8) is 0 Å². The van der Waals surface area contributed by atoms with Gasteiger partial charge in [0.25, 0.3) is 5.91 Å². The van der Waals surface area contributed by atoms with Crippen LogP contribution in [-0.2, 0) is 17.7 Å². The molecule has 0 spiro atoms. The van der Waals surface area contributed by atoms with Gasteiger partial charge in [-0.3, -0.25) is 4.79 Å². The summed E-state index contributed by atoms with van der Waals surface area (Å²) in [6.07, 6.45) is 5.83. The van der Waals surface area contributed by atoms with Gasteiger partial charge in [0.15, 0.2) is 11.6 Å². The smallest absolute Gasteiger partial charge is 0.254 e. The molecule has 3 N–H and O–H groups in total. The van der Waals surface area contributed by atoms with Crippen LogP contribution >= 0.6 is 0 Å². The number of aryl methyl sites for hydroxylation is 1. The molecule has 0 fully saturated rings. The minimum atomic E-state index is -0.229. The van der Waals surface area contributed by atoms with E-state index < -0.39 is 0 Å². The van der Waals surface area contributed by atoms with Crippen molar-refractivity contribution in [2.75, 3.05) is 39.1 Å². The first-order valence-electron chi connectivity index (χ1n) is 10.8.